The van der Waals surface area contributed by atoms with E-state index in [9.17, 15) is 4.79 Å². The van der Waals surface area contributed by atoms with Crippen molar-refractivity contribution in [1.29, 1.82) is 0 Å². The molecule has 104 valence electrons. The fourth-order valence-electron chi connectivity index (χ4n) is 1.77. The van der Waals surface area contributed by atoms with E-state index in [1.54, 1.807) is 12.1 Å². The van der Waals surface area contributed by atoms with Gasteiger partial charge in [0.15, 0.2) is 0 Å². The molecule has 1 aromatic heterocycles. The standard InChI is InChI=1S/C15H17N3O2/c1-10(16)8-11-2-5-13(6-3-11)20-14-7-4-12(9-18-14)15(17)19/h2-7,9-10H,8,16H2,1H3,(H2,17,19)/t10-/m1/s1. The number of carbonyl (C=O) groups is 1. The van der Waals surface area contributed by atoms with Crippen molar-refractivity contribution in [3.05, 3.63) is 53.7 Å². The van der Waals surface area contributed by atoms with Crippen molar-refractivity contribution in [2.75, 3.05) is 0 Å². The van der Waals surface area contributed by atoms with Gasteiger partial charge in [-0.2, -0.15) is 0 Å². The Hall–Kier alpha value is -2.40. The number of amides is 1. The summed E-state index contributed by atoms with van der Waals surface area (Å²) in [6.07, 6.45) is 2.22. The molecule has 0 fully saturated rings. The van der Waals surface area contributed by atoms with E-state index in [4.69, 9.17) is 16.2 Å². The number of hydrogen-bond acceptors (Lipinski definition) is 4. The number of primary amides is 1. The molecule has 0 saturated carbocycles. The summed E-state index contributed by atoms with van der Waals surface area (Å²) < 4.78 is 5.58. The van der Waals surface area contributed by atoms with Crippen LogP contribution in [0.4, 0.5) is 0 Å². The molecule has 5 nitrogen and oxygen atoms in total. The zero-order valence-corrected chi connectivity index (χ0v) is 11.2. The van der Waals surface area contributed by atoms with Crippen molar-refractivity contribution < 1.29 is 9.53 Å². The highest BCUT2D eigenvalue weighted by Gasteiger charge is 2.03. The first-order valence-corrected chi connectivity index (χ1v) is 6.33. The Labute approximate surface area is 117 Å². The summed E-state index contributed by atoms with van der Waals surface area (Å²) >= 11 is 0. The van der Waals surface area contributed by atoms with Gasteiger partial charge < -0.3 is 16.2 Å². The maximum Gasteiger partial charge on any atom is 0.250 e. The third-order valence-electron chi connectivity index (χ3n) is 2.72. The summed E-state index contributed by atoms with van der Waals surface area (Å²) in [5, 5.41) is 0. The molecule has 2 rings (SSSR count). The monoisotopic (exact) mass is 271 g/mol. The molecule has 0 radical (unpaired) electrons. The smallest absolute Gasteiger partial charge is 0.250 e. The van der Waals surface area contributed by atoms with Crippen molar-refractivity contribution in [2.24, 2.45) is 11.5 Å². The molecular formula is C15H17N3O2. The van der Waals surface area contributed by atoms with Gasteiger partial charge in [-0.05, 0) is 37.1 Å². The lowest BCUT2D eigenvalue weighted by atomic mass is 10.1. The Bertz CT molecular complexity index is 577. The molecule has 0 aliphatic rings. The highest BCUT2D eigenvalue weighted by atomic mass is 16.5. The fourth-order valence-corrected chi connectivity index (χ4v) is 1.77. The molecule has 1 atom stereocenters. The van der Waals surface area contributed by atoms with Crippen LogP contribution in [0.25, 0.3) is 0 Å². The molecule has 4 N–H and O–H groups in total. The van der Waals surface area contributed by atoms with Gasteiger partial charge in [0, 0.05) is 18.3 Å². The molecule has 1 amide bonds. The van der Waals surface area contributed by atoms with Crippen LogP contribution in [0.1, 0.15) is 22.8 Å². The number of nitrogens with zero attached hydrogens (tertiary/aromatic N) is 1. The molecule has 0 saturated heterocycles. The van der Waals surface area contributed by atoms with Crippen LogP contribution in [0.5, 0.6) is 11.6 Å². The van der Waals surface area contributed by atoms with E-state index >= 15 is 0 Å². The number of nitrogens with two attached hydrogens (primary N) is 2. The Kier molecular flexibility index (Phi) is 4.32. The summed E-state index contributed by atoms with van der Waals surface area (Å²) in [5.74, 6) is 0.581. The van der Waals surface area contributed by atoms with E-state index in [1.807, 2.05) is 31.2 Å². The third-order valence-corrected chi connectivity index (χ3v) is 2.72. The maximum absolute atomic E-state index is 10.9. The van der Waals surface area contributed by atoms with E-state index in [0.29, 0.717) is 17.2 Å². The number of ether oxygens (including phenoxy) is 1. The summed E-state index contributed by atoms with van der Waals surface area (Å²) in [5.41, 5.74) is 12.4. The summed E-state index contributed by atoms with van der Waals surface area (Å²) in [6.45, 7) is 1.97. The highest BCUT2D eigenvalue weighted by molar-refractivity contribution is 5.92. The Morgan fingerprint density at radius 2 is 1.95 bits per heavy atom. The van der Waals surface area contributed by atoms with Crippen LogP contribution in [-0.4, -0.2) is 16.9 Å². The quantitative estimate of drug-likeness (QED) is 0.868. The third kappa shape index (κ3) is 3.80. The normalized spacial score (nSPS) is 11.9. The zero-order valence-electron chi connectivity index (χ0n) is 11.2. The van der Waals surface area contributed by atoms with Gasteiger partial charge in [-0.25, -0.2) is 4.98 Å². The number of aromatic nitrogens is 1. The molecule has 5 heteroatoms. The highest BCUT2D eigenvalue weighted by Crippen LogP contribution is 2.20. The van der Waals surface area contributed by atoms with Crippen molar-refractivity contribution >= 4 is 5.91 Å². The largest absolute Gasteiger partial charge is 0.439 e. The second-order valence-electron chi connectivity index (χ2n) is 4.68. The van der Waals surface area contributed by atoms with Gasteiger partial charge in [-0.15, -0.1) is 0 Å². The summed E-state index contributed by atoms with van der Waals surface area (Å²) in [7, 11) is 0. The van der Waals surface area contributed by atoms with Gasteiger partial charge in [0.25, 0.3) is 0 Å². The van der Waals surface area contributed by atoms with Crippen LogP contribution < -0.4 is 16.2 Å². The molecule has 1 heterocycles. The lowest BCUT2D eigenvalue weighted by Crippen LogP contribution is -2.17. The topological polar surface area (TPSA) is 91.2 Å². The van der Waals surface area contributed by atoms with Crippen molar-refractivity contribution in [2.45, 2.75) is 19.4 Å². The Balaban J connectivity index is 2.04. The predicted octanol–water partition coefficient (Wildman–Crippen LogP) is 1.86. The molecule has 0 spiro atoms. The number of rotatable bonds is 5. The van der Waals surface area contributed by atoms with Crippen molar-refractivity contribution in [3.8, 4) is 11.6 Å². The molecule has 20 heavy (non-hydrogen) atoms. The van der Waals surface area contributed by atoms with E-state index in [-0.39, 0.29) is 6.04 Å². The second-order valence-corrected chi connectivity index (χ2v) is 4.68. The van der Waals surface area contributed by atoms with Crippen molar-refractivity contribution in [3.63, 3.8) is 0 Å². The minimum Gasteiger partial charge on any atom is -0.439 e. The van der Waals surface area contributed by atoms with Crippen LogP contribution in [-0.2, 0) is 6.42 Å². The molecule has 1 aromatic carbocycles. The first-order chi connectivity index (χ1) is 9.54. The molecular weight excluding hydrogens is 254 g/mol. The first-order valence-electron chi connectivity index (χ1n) is 6.33. The second kappa shape index (κ2) is 6.16. The van der Waals surface area contributed by atoms with Crippen LogP contribution in [0, 0.1) is 0 Å². The minimum absolute atomic E-state index is 0.129. The molecule has 0 aliphatic heterocycles. The van der Waals surface area contributed by atoms with Gasteiger partial charge in [-0.3, -0.25) is 4.79 Å². The number of pyridine rings is 1. The lowest BCUT2D eigenvalue weighted by molar-refractivity contribution is 0.1000. The molecule has 0 bridgehead atoms. The number of carbonyl (C=O) groups excluding carboxylic acids is 1. The van der Waals surface area contributed by atoms with Gasteiger partial charge in [0.1, 0.15) is 5.75 Å². The predicted molar refractivity (Wildman–Crippen MR) is 76.6 cm³/mol. The van der Waals surface area contributed by atoms with Crippen LogP contribution in [0.2, 0.25) is 0 Å². The molecule has 2 aromatic rings. The van der Waals surface area contributed by atoms with E-state index in [1.165, 1.54) is 6.20 Å². The maximum atomic E-state index is 10.9. The average Bonchev–Trinajstić information content (AvgIpc) is 2.41. The minimum atomic E-state index is -0.510. The van der Waals surface area contributed by atoms with Crippen LogP contribution in [0.3, 0.4) is 0 Å². The first kappa shape index (κ1) is 14.0. The molecule has 0 aliphatic carbocycles. The van der Waals surface area contributed by atoms with Gasteiger partial charge >= 0.3 is 0 Å². The van der Waals surface area contributed by atoms with Gasteiger partial charge in [0.05, 0.1) is 5.56 Å². The van der Waals surface area contributed by atoms with Crippen LogP contribution >= 0.6 is 0 Å². The van der Waals surface area contributed by atoms with Gasteiger partial charge in [-0.1, -0.05) is 12.1 Å². The Morgan fingerprint density at radius 3 is 2.45 bits per heavy atom. The summed E-state index contributed by atoms with van der Waals surface area (Å²) in [4.78, 5) is 15.0. The van der Waals surface area contributed by atoms with Crippen molar-refractivity contribution in [1.82, 2.24) is 4.98 Å². The molecule has 0 unspecified atom stereocenters. The zero-order chi connectivity index (χ0) is 14.5. The van der Waals surface area contributed by atoms with E-state index in [2.05, 4.69) is 4.98 Å². The fraction of sp³-hybridized carbons (Fsp3) is 0.200. The number of hydrogen-bond donors (Lipinski definition) is 2. The van der Waals surface area contributed by atoms with Crippen LogP contribution in [0.15, 0.2) is 42.6 Å². The van der Waals surface area contributed by atoms with Gasteiger partial charge in [0.2, 0.25) is 11.8 Å². The van der Waals surface area contributed by atoms with E-state index < -0.39 is 5.91 Å². The summed E-state index contributed by atoms with van der Waals surface area (Å²) in [6, 6.07) is 11.0. The average molecular weight is 271 g/mol. The van der Waals surface area contributed by atoms with E-state index in [0.717, 1.165) is 12.0 Å². The lowest BCUT2D eigenvalue weighted by Gasteiger charge is -2.08. The number of benzene rings is 1. The SMILES string of the molecule is C[C@@H](N)Cc1ccc(Oc2ccc(C(N)=O)cn2)cc1. The Morgan fingerprint density at radius 1 is 1.25 bits per heavy atom.